The Kier molecular flexibility index (Phi) is 4.84. The van der Waals surface area contributed by atoms with Crippen molar-refractivity contribution in [3.05, 3.63) is 41.7 Å². The van der Waals surface area contributed by atoms with Gasteiger partial charge in [-0.2, -0.15) is 0 Å². The van der Waals surface area contributed by atoms with Gasteiger partial charge in [-0.3, -0.25) is 9.78 Å². The molecule has 0 saturated carbocycles. The topological polar surface area (TPSA) is 63.8 Å². The third kappa shape index (κ3) is 3.55. The van der Waals surface area contributed by atoms with Gasteiger partial charge in [0.15, 0.2) is 0 Å². The average Bonchev–Trinajstić information content (AvgIpc) is 3.20. The van der Waals surface area contributed by atoms with Gasteiger partial charge in [-0.05, 0) is 51.7 Å². The molecule has 140 valence electrons. The number of fused-ring (bicyclic) bond motifs is 3. The largest absolute Gasteiger partial charge is 0.459 e. The van der Waals surface area contributed by atoms with Crippen LogP contribution in [0, 0.1) is 11.8 Å². The number of nitrogens with zero attached hydrogens (tertiary/aromatic N) is 1. The number of carbonyl (C=O) groups is 1. The molecule has 1 N–H and O–H groups in total. The van der Waals surface area contributed by atoms with Crippen molar-refractivity contribution in [2.24, 2.45) is 11.8 Å². The maximum absolute atomic E-state index is 12.6. The fraction of sp³-hybridized carbons (Fsp3) is 0.619. The van der Waals surface area contributed by atoms with Crippen LogP contribution in [0.4, 0.5) is 0 Å². The van der Waals surface area contributed by atoms with Crippen molar-refractivity contribution < 1.29 is 14.3 Å². The summed E-state index contributed by atoms with van der Waals surface area (Å²) in [6.07, 6.45) is 8.12. The molecule has 2 aliphatic heterocycles. The van der Waals surface area contributed by atoms with Crippen LogP contribution in [-0.4, -0.2) is 35.3 Å². The zero-order valence-corrected chi connectivity index (χ0v) is 15.6. The van der Waals surface area contributed by atoms with Crippen molar-refractivity contribution in [1.82, 2.24) is 10.3 Å². The van der Waals surface area contributed by atoms with Crippen molar-refractivity contribution >= 4 is 5.97 Å². The standard InChI is InChI=1S/C21H28N2O3/c1-14-6-5-10-21(2)19(26-21)18-16(9-8-14)17(20(24)25-18)13-22-12-15-7-3-4-11-23-15/h3-4,6-7,11,16-19,22H,5,8-10,12-13H2,1-2H3/b14-6+/t16-,17-,18-,19+,21+/m0/s1. The first-order chi connectivity index (χ1) is 12.6. The zero-order chi connectivity index (χ0) is 18.1. The molecule has 0 unspecified atom stereocenters. The SMILES string of the molecule is C/C1=C\CC[C@@]2(C)O[C@@H]2[C@H]2OC(=O)[C@@H](CNCc3ccccn3)[C@@H]2CC1. The Morgan fingerprint density at radius 3 is 3.08 bits per heavy atom. The number of hydrogen-bond acceptors (Lipinski definition) is 5. The minimum absolute atomic E-state index is 0.0593. The number of ether oxygens (including phenoxy) is 2. The molecular formula is C21H28N2O3. The van der Waals surface area contributed by atoms with Crippen LogP contribution in [-0.2, 0) is 20.8 Å². The first-order valence-electron chi connectivity index (χ1n) is 9.71. The molecule has 4 rings (SSSR count). The van der Waals surface area contributed by atoms with Crippen LogP contribution >= 0.6 is 0 Å². The van der Waals surface area contributed by atoms with E-state index in [1.54, 1.807) is 6.20 Å². The van der Waals surface area contributed by atoms with Gasteiger partial charge in [0.25, 0.3) is 0 Å². The van der Waals surface area contributed by atoms with Crippen LogP contribution in [0.25, 0.3) is 0 Å². The Balaban J connectivity index is 1.44. The molecule has 2 saturated heterocycles. The lowest BCUT2D eigenvalue weighted by molar-refractivity contribution is -0.144. The van der Waals surface area contributed by atoms with E-state index in [1.807, 2.05) is 18.2 Å². The molecule has 2 fully saturated rings. The third-order valence-electron chi connectivity index (χ3n) is 6.14. The Bertz CT molecular complexity index is 690. The van der Waals surface area contributed by atoms with E-state index in [2.05, 4.69) is 30.2 Å². The number of pyridine rings is 1. The smallest absolute Gasteiger partial charge is 0.311 e. The highest BCUT2D eigenvalue weighted by Gasteiger charge is 2.62. The van der Waals surface area contributed by atoms with Crippen LogP contribution in [0.2, 0.25) is 0 Å². The monoisotopic (exact) mass is 356 g/mol. The normalized spacial score (nSPS) is 38.5. The molecule has 0 spiro atoms. The number of hydrogen-bond donors (Lipinski definition) is 1. The number of epoxide rings is 1. The Morgan fingerprint density at radius 1 is 1.38 bits per heavy atom. The van der Waals surface area contributed by atoms with E-state index < -0.39 is 0 Å². The van der Waals surface area contributed by atoms with E-state index in [9.17, 15) is 4.79 Å². The summed E-state index contributed by atoms with van der Waals surface area (Å²) < 4.78 is 11.8. The lowest BCUT2D eigenvalue weighted by Crippen LogP contribution is -2.34. The van der Waals surface area contributed by atoms with Gasteiger partial charge >= 0.3 is 5.97 Å². The Labute approximate surface area is 155 Å². The molecule has 26 heavy (non-hydrogen) atoms. The fourth-order valence-electron chi connectivity index (χ4n) is 4.43. The Hall–Kier alpha value is -1.72. The number of esters is 1. The second-order valence-electron chi connectivity index (χ2n) is 8.10. The summed E-state index contributed by atoms with van der Waals surface area (Å²) in [7, 11) is 0. The van der Waals surface area contributed by atoms with Crippen molar-refractivity contribution in [3.63, 3.8) is 0 Å². The lowest BCUT2D eigenvalue weighted by atomic mass is 9.80. The lowest BCUT2D eigenvalue weighted by Gasteiger charge is -2.22. The number of allylic oxidation sites excluding steroid dienone is 2. The molecule has 0 aromatic carbocycles. The minimum atomic E-state index is -0.131. The van der Waals surface area contributed by atoms with Crippen molar-refractivity contribution in [1.29, 1.82) is 0 Å². The second-order valence-corrected chi connectivity index (χ2v) is 8.10. The van der Waals surface area contributed by atoms with E-state index in [-0.39, 0.29) is 35.6 Å². The second kappa shape index (κ2) is 7.12. The summed E-state index contributed by atoms with van der Waals surface area (Å²) in [4.78, 5) is 16.9. The van der Waals surface area contributed by atoms with E-state index >= 15 is 0 Å². The molecule has 0 amide bonds. The number of nitrogens with one attached hydrogen (secondary N) is 1. The predicted molar refractivity (Wildman–Crippen MR) is 98.3 cm³/mol. The van der Waals surface area contributed by atoms with E-state index in [4.69, 9.17) is 9.47 Å². The first kappa shape index (κ1) is 17.7. The highest BCUT2D eigenvalue weighted by atomic mass is 16.6. The first-order valence-corrected chi connectivity index (χ1v) is 9.71. The predicted octanol–water partition coefficient (Wildman–Crippen LogP) is 3.01. The van der Waals surface area contributed by atoms with Crippen LogP contribution in [0.15, 0.2) is 36.0 Å². The van der Waals surface area contributed by atoms with Crippen molar-refractivity contribution in [3.8, 4) is 0 Å². The summed E-state index contributed by atoms with van der Waals surface area (Å²) >= 11 is 0. The molecule has 1 aromatic rings. The maximum Gasteiger partial charge on any atom is 0.311 e. The molecule has 0 bridgehead atoms. The number of rotatable bonds is 4. The molecule has 5 atom stereocenters. The summed E-state index contributed by atoms with van der Waals surface area (Å²) in [5, 5.41) is 3.40. The molecule has 5 nitrogen and oxygen atoms in total. The highest BCUT2D eigenvalue weighted by Crippen LogP contribution is 2.50. The minimum Gasteiger partial charge on any atom is -0.459 e. The maximum atomic E-state index is 12.6. The van der Waals surface area contributed by atoms with Gasteiger partial charge in [0.05, 0.1) is 17.2 Å². The van der Waals surface area contributed by atoms with Gasteiger partial charge in [-0.25, -0.2) is 0 Å². The number of carbonyl (C=O) groups excluding carboxylic acids is 1. The summed E-state index contributed by atoms with van der Waals surface area (Å²) in [5.41, 5.74) is 2.26. The molecule has 1 aliphatic carbocycles. The van der Waals surface area contributed by atoms with E-state index in [1.165, 1.54) is 5.57 Å². The van der Waals surface area contributed by atoms with Gasteiger partial charge in [0, 0.05) is 25.2 Å². The van der Waals surface area contributed by atoms with Crippen LogP contribution in [0.1, 0.15) is 45.2 Å². The molecular weight excluding hydrogens is 328 g/mol. The van der Waals surface area contributed by atoms with Crippen LogP contribution < -0.4 is 5.32 Å². The van der Waals surface area contributed by atoms with Crippen molar-refractivity contribution in [2.75, 3.05) is 6.54 Å². The zero-order valence-electron chi connectivity index (χ0n) is 15.6. The summed E-state index contributed by atoms with van der Waals surface area (Å²) in [6, 6.07) is 5.88. The summed E-state index contributed by atoms with van der Waals surface area (Å²) in [6.45, 7) is 5.64. The van der Waals surface area contributed by atoms with Crippen LogP contribution in [0.3, 0.4) is 0 Å². The molecule has 3 heterocycles. The van der Waals surface area contributed by atoms with E-state index in [0.717, 1.165) is 31.4 Å². The average molecular weight is 356 g/mol. The third-order valence-corrected chi connectivity index (χ3v) is 6.14. The molecule has 0 radical (unpaired) electrons. The quantitative estimate of drug-likeness (QED) is 0.510. The number of aromatic nitrogens is 1. The van der Waals surface area contributed by atoms with Crippen molar-refractivity contribution in [2.45, 2.75) is 63.9 Å². The highest BCUT2D eigenvalue weighted by molar-refractivity contribution is 5.75. The van der Waals surface area contributed by atoms with Gasteiger partial charge in [-0.1, -0.05) is 17.7 Å². The Morgan fingerprint density at radius 2 is 2.27 bits per heavy atom. The van der Waals surface area contributed by atoms with Crippen LogP contribution in [0.5, 0.6) is 0 Å². The van der Waals surface area contributed by atoms with E-state index in [0.29, 0.717) is 13.1 Å². The van der Waals surface area contributed by atoms with Gasteiger partial charge in [-0.15, -0.1) is 0 Å². The molecule has 5 heteroatoms. The summed E-state index contributed by atoms with van der Waals surface area (Å²) in [5.74, 6) is 0.0312. The van der Waals surface area contributed by atoms with Gasteiger partial charge in [0.1, 0.15) is 12.2 Å². The fourth-order valence-corrected chi connectivity index (χ4v) is 4.43. The molecule has 3 aliphatic rings. The molecule has 1 aromatic heterocycles. The van der Waals surface area contributed by atoms with Gasteiger partial charge in [0.2, 0.25) is 0 Å². The van der Waals surface area contributed by atoms with Gasteiger partial charge < -0.3 is 14.8 Å².